The maximum atomic E-state index is 12.6. The summed E-state index contributed by atoms with van der Waals surface area (Å²) in [7, 11) is 0. The highest BCUT2D eigenvalue weighted by atomic mass is 35.5. The lowest BCUT2D eigenvalue weighted by Crippen LogP contribution is -2.41. The van der Waals surface area contributed by atoms with Crippen molar-refractivity contribution in [3.8, 4) is 0 Å². The Morgan fingerprint density at radius 2 is 1.65 bits per heavy atom. The van der Waals surface area contributed by atoms with E-state index >= 15 is 0 Å². The van der Waals surface area contributed by atoms with Crippen molar-refractivity contribution in [1.82, 2.24) is 4.90 Å². The predicted octanol–water partition coefficient (Wildman–Crippen LogP) is 4.97. The summed E-state index contributed by atoms with van der Waals surface area (Å²) < 4.78 is 0. The summed E-state index contributed by atoms with van der Waals surface area (Å²) >= 11 is 11.9. The summed E-state index contributed by atoms with van der Waals surface area (Å²) in [6.45, 7) is 3.23. The molecule has 0 radical (unpaired) electrons. The lowest BCUT2D eigenvalue weighted by atomic mass is 9.88. The lowest BCUT2D eigenvalue weighted by molar-refractivity contribution is -0.131. The van der Waals surface area contributed by atoms with Gasteiger partial charge in [-0.1, -0.05) is 59.1 Å². The Hall–Kier alpha value is -1.84. The first-order valence-corrected chi connectivity index (χ1v) is 9.52. The largest absolute Gasteiger partial charge is 0.342 e. The number of hydrogen-bond donors (Lipinski definition) is 0. The van der Waals surface area contributed by atoms with Crippen LogP contribution >= 0.6 is 23.2 Å². The van der Waals surface area contributed by atoms with Gasteiger partial charge in [-0.15, -0.1) is 0 Å². The van der Waals surface area contributed by atoms with Crippen molar-refractivity contribution in [2.24, 2.45) is 5.92 Å². The highest BCUT2D eigenvalue weighted by molar-refractivity contribution is 6.42. The molecule has 0 atom stereocenters. The minimum Gasteiger partial charge on any atom is -0.342 e. The van der Waals surface area contributed by atoms with Crippen molar-refractivity contribution < 1.29 is 9.59 Å². The molecule has 0 unspecified atom stereocenters. The van der Waals surface area contributed by atoms with Gasteiger partial charge in [-0.3, -0.25) is 9.59 Å². The van der Waals surface area contributed by atoms with E-state index < -0.39 is 0 Å². The standard InChI is InChI=1S/C21H21Cl2NO2/c1-14-2-5-16(6-3-14)21(26)17-8-10-24(11-9-17)20(25)13-15-4-7-18(22)19(23)12-15/h2-7,12,17H,8-11,13H2,1H3. The Morgan fingerprint density at radius 3 is 2.27 bits per heavy atom. The van der Waals surface area contributed by atoms with Crippen molar-refractivity contribution in [1.29, 1.82) is 0 Å². The van der Waals surface area contributed by atoms with Crippen molar-refractivity contribution in [3.05, 3.63) is 69.2 Å². The first-order chi connectivity index (χ1) is 12.4. The van der Waals surface area contributed by atoms with Gasteiger partial charge in [0.15, 0.2) is 5.78 Å². The number of carbonyl (C=O) groups excluding carboxylic acids is 2. The molecule has 0 saturated carbocycles. The number of nitrogens with zero attached hydrogens (tertiary/aromatic N) is 1. The molecule has 1 aliphatic heterocycles. The van der Waals surface area contributed by atoms with Crippen LogP contribution in [-0.2, 0) is 11.2 Å². The highest BCUT2D eigenvalue weighted by Crippen LogP contribution is 2.25. The average molecular weight is 390 g/mol. The van der Waals surface area contributed by atoms with Crippen molar-refractivity contribution in [3.63, 3.8) is 0 Å². The Labute approximate surface area is 163 Å². The van der Waals surface area contributed by atoms with Gasteiger partial charge in [0, 0.05) is 24.6 Å². The summed E-state index contributed by atoms with van der Waals surface area (Å²) in [6, 6.07) is 13.0. The Kier molecular flexibility index (Phi) is 6.00. The van der Waals surface area contributed by atoms with E-state index in [1.807, 2.05) is 42.2 Å². The van der Waals surface area contributed by atoms with Gasteiger partial charge in [-0.05, 0) is 37.5 Å². The zero-order chi connectivity index (χ0) is 18.7. The van der Waals surface area contributed by atoms with Gasteiger partial charge in [-0.2, -0.15) is 0 Å². The highest BCUT2D eigenvalue weighted by Gasteiger charge is 2.27. The molecule has 1 aliphatic rings. The number of aryl methyl sites for hydroxylation is 1. The molecule has 1 heterocycles. The number of halogens is 2. The SMILES string of the molecule is Cc1ccc(C(=O)C2CCN(C(=O)Cc3ccc(Cl)c(Cl)c3)CC2)cc1. The van der Waals surface area contributed by atoms with Gasteiger partial charge < -0.3 is 4.90 Å². The van der Waals surface area contributed by atoms with Crippen LogP contribution in [0, 0.1) is 12.8 Å². The fraction of sp³-hybridized carbons (Fsp3) is 0.333. The zero-order valence-electron chi connectivity index (χ0n) is 14.7. The fourth-order valence-electron chi connectivity index (χ4n) is 3.28. The van der Waals surface area contributed by atoms with Crippen molar-refractivity contribution >= 4 is 34.9 Å². The van der Waals surface area contributed by atoms with E-state index in [2.05, 4.69) is 0 Å². The summed E-state index contributed by atoms with van der Waals surface area (Å²) in [6.07, 6.45) is 1.72. The topological polar surface area (TPSA) is 37.4 Å². The van der Waals surface area contributed by atoms with E-state index in [9.17, 15) is 9.59 Å². The van der Waals surface area contributed by atoms with E-state index in [0.29, 0.717) is 42.4 Å². The molecule has 2 aromatic rings. The van der Waals surface area contributed by atoms with Crippen LogP contribution in [0.1, 0.15) is 34.3 Å². The first kappa shape index (κ1) is 18.9. The molecule has 1 saturated heterocycles. The molecule has 0 N–H and O–H groups in total. The van der Waals surface area contributed by atoms with Crippen LogP contribution < -0.4 is 0 Å². The molecule has 3 nitrogen and oxygen atoms in total. The maximum absolute atomic E-state index is 12.6. The van der Waals surface area contributed by atoms with Crippen molar-refractivity contribution in [2.75, 3.05) is 13.1 Å². The second-order valence-corrected chi connectivity index (χ2v) is 7.62. The van der Waals surface area contributed by atoms with Crippen LogP contribution in [0.2, 0.25) is 10.0 Å². The zero-order valence-corrected chi connectivity index (χ0v) is 16.2. The van der Waals surface area contributed by atoms with Crippen LogP contribution in [0.25, 0.3) is 0 Å². The molecular weight excluding hydrogens is 369 g/mol. The van der Waals surface area contributed by atoms with E-state index in [4.69, 9.17) is 23.2 Å². The number of carbonyl (C=O) groups is 2. The Morgan fingerprint density at radius 1 is 1.00 bits per heavy atom. The Balaban J connectivity index is 1.55. The summed E-state index contributed by atoms with van der Waals surface area (Å²) in [5, 5.41) is 0.942. The summed E-state index contributed by atoms with van der Waals surface area (Å²) in [4.78, 5) is 27.0. The van der Waals surface area contributed by atoms with Gasteiger partial charge >= 0.3 is 0 Å². The number of ketones is 1. The maximum Gasteiger partial charge on any atom is 0.226 e. The average Bonchev–Trinajstić information content (AvgIpc) is 2.65. The van der Waals surface area contributed by atoms with Gasteiger partial charge in [0.25, 0.3) is 0 Å². The number of amides is 1. The third kappa shape index (κ3) is 4.46. The first-order valence-electron chi connectivity index (χ1n) is 8.76. The monoisotopic (exact) mass is 389 g/mol. The van der Waals surface area contributed by atoms with Gasteiger partial charge in [0.05, 0.1) is 16.5 Å². The third-order valence-corrected chi connectivity index (χ3v) is 5.63. The molecule has 0 aliphatic carbocycles. The number of piperidine rings is 1. The van der Waals surface area contributed by atoms with E-state index in [0.717, 1.165) is 16.7 Å². The Bertz CT molecular complexity index is 809. The molecule has 136 valence electrons. The number of hydrogen-bond acceptors (Lipinski definition) is 2. The molecule has 0 spiro atoms. The van der Waals surface area contributed by atoms with Gasteiger partial charge in [0.2, 0.25) is 5.91 Å². The second kappa shape index (κ2) is 8.24. The van der Waals surface area contributed by atoms with Gasteiger partial charge in [-0.25, -0.2) is 0 Å². The summed E-state index contributed by atoms with van der Waals surface area (Å²) in [5.74, 6) is 0.234. The number of rotatable bonds is 4. The van der Waals surface area contributed by atoms with Crippen LogP contribution in [0.3, 0.4) is 0 Å². The van der Waals surface area contributed by atoms with Gasteiger partial charge in [0.1, 0.15) is 0 Å². The molecule has 26 heavy (non-hydrogen) atoms. The molecular formula is C21H21Cl2NO2. The van der Waals surface area contributed by atoms with Crippen LogP contribution in [-0.4, -0.2) is 29.7 Å². The van der Waals surface area contributed by atoms with Crippen LogP contribution in [0.5, 0.6) is 0 Å². The molecule has 1 amide bonds. The van der Waals surface area contributed by atoms with Crippen LogP contribution in [0.15, 0.2) is 42.5 Å². The minimum atomic E-state index is -0.00766. The number of benzene rings is 2. The van der Waals surface area contributed by atoms with E-state index in [1.165, 1.54) is 0 Å². The third-order valence-electron chi connectivity index (χ3n) is 4.89. The van der Waals surface area contributed by atoms with Crippen molar-refractivity contribution in [2.45, 2.75) is 26.2 Å². The lowest BCUT2D eigenvalue weighted by Gasteiger charge is -2.31. The van der Waals surface area contributed by atoms with E-state index in [-0.39, 0.29) is 17.6 Å². The van der Waals surface area contributed by atoms with Crippen LogP contribution in [0.4, 0.5) is 0 Å². The molecule has 0 aromatic heterocycles. The second-order valence-electron chi connectivity index (χ2n) is 6.81. The molecule has 1 fully saturated rings. The molecule has 5 heteroatoms. The minimum absolute atomic E-state index is 0.00766. The normalized spacial score (nSPS) is 15.1. The quantitative estimate of drug-likeness (QED) is 0.692. The number of Topliss-reactive ketones (excluding diaryl/α,β-unsaturated/α-hetero) is 1. The summed E-state index contributed by atoms with van der Waals surface area (Å²) in [5.41, 5.74) is 2.75. The molecule has 2 aromatic carbocycles. The fourth-order valence-corrected chi connectivity index (χ4v) is 3.60. The smallest absolute Gasteiger partial charge is 0.226 e. The van der Waals surface area contributed by atoms with E-state index in [1.54, 1.807) is 12.1 Å². The predicted molar refractivity (Wildman–Crippen MR) is 105 cm³/mol. The molecule has 0 bridgehead atoms. The molecule has 3 rings (SSSR count). The number of likely N-dealkylation sites (tertiary alicyclic amines) is 1.